The Morgan fingerprint density at radius 1 is 1.32 bits per heavy atom. The van der Waals surface area contributed by atoms with Crippen molar-refractivity contribution in [2.45, 2.75) is 45.8 Å². The van der Waals surface area contributed by atoms with Crippen molar-refractivity contribution in [3.8, 4) is 0 Å². The average molecular weight is 305 g/mol. The van der Waals surface area contributed by atoms with Gasteiger partial charge in [-0.15, -0.1) is 0 Å². The Kier molecular flexibility index (Phi) is 4.44. The Labute approximate surface area is 130 Å². The zero-order valence-electron chi connectivity index (χ0n) is 13.4. The molecule has 1 aliphatic carbocycles. The number of allylic oxidation sites excluding steroid dienone is 2. The van der Waals surface area contributed by atoms with Crippen molar-refractivity contribution in [3.05, 3.63) is 36.1 Å². The van der Waals surface area contributed by atoms with Crippen LogP contribution in [0.2, 0.25) is 0 Å². The number of carboxylic acid groups (broad SMARTS) is 1. The monoisotopic (exact) mass is 305 g/mol. The first-order valence-electron chi connectivity index (χ1n) is 7.49. The summed E-state index contributed by atoms with van der Waals surface area (Å²) in [5.74, 6) is -1.28. The van der Waals surface area contributed by atoms with Gasteiger partial charge in [0.2, 0.25) is 0 Å². The number of rotatable bonds is 3. The van der Waals surface area contributed by atoms with Gasteiger partial charge >= 0.3 is 12.1 Å². The van der Waals surface area contributed by atoms with Crippen molar-refractivity contribution in [2.24, 2.45) is 11.8 Å². The summed E-state index contributed by atoms with van der Waals surface area (Å²) in [6.45, 7) is 7.15. The lowest BCUT2D eigenvalue weighted by molar-refractivity contribution is -0.141. The summed E-state index contributed by atoms with van der Waals surface area (Å²) in [6.07, 6.45) is 9.56. The van der Waals surface area contributed by atoms with E-state index in [1.165, 1.54) is 0 Å². The normalized spacial score (nSPS) is 24.7. The SMILES string of the molecule is C[C@H](CC1=CN(C(=O)OC(C)(C)C)C2C=CC=CC12)C(=O)O. The third kappa shape index (κ3) is 3.59. The average Bonchev–Trinajstić information content (AvgIpc) is 2.76. The molecule has 1 amide bonds. The number of carbonyl (C=O) groups is 2. The van der Waals surface area contributed by atoms with Gasteiger partial charge in [0.25, 0.3) is 0 Å². The van der Waals surface area contributed by atoms with E-state index < -0.39 is 23.6 Å². The minimum atomic E-state index is -0.830. The summed E-state index contributed by atoms with van der Waals surface area (Å²) < 4.78 is 5.44. The molecule has 1 N–H and O–H groups in total. The van der Waals surface area contributed by atoms with Crippen LogP contribution in [0.4, 0.5) is 4.79 Å². The van der Waals surface area contributed by atoms with Gasteiger partial charge in [0.15, 0.2) is 0 Å². The van der Waals surface area contributed by atoms with Crippen LogP contribution in [0.5, 0.6) is 0 Å². The van der Waals surface area contributed by atoms with Crippen LogP contribution < -0.4 is 0 Å². The van der Waals surface area contributed by atoms with Gasteiger partial charge in [-0.3, -0.25) is 9.69 Å². The van der Waals surface area contributed by atoms with Gasteiger partial charge in [-0.25, -0.2) is 4.79 Å². The van der Waals surface area contributed by atoms with Crippen molar-refractivity contribution in [1.29, 1.82) is 0 Å². The van der Waals surface area contributed by atoms with E-state index in [-0.39, 0.29) is 12.0 Å². The fourth-order valence-electron chi connectivity index (χ4n) is 2.67. The zero-order valence-corrected chi connectivity index (χ0v) is 13.4. The molecule has 0 bridgehead atoms. The molecule has 0 fully saturated rings. The van der Waals surface area contributed by atoms with Crippen molar-refractivity contribution in [1.82, 2.24) is 4.90 Å². The number of carboxylic acids is 1. The maximum absolute atomic E-state index is 12.4. The number of fused-ring (bicyclic) bond motifs is 1. The highest BCUT2D eigenvalue weighted by atomic mass is 16.6. The summed E-state index contributed by atoms with van der Waals surface area (Å²) in [5, 5.41) is 9.10. The molecule has 0 radical (unpaired) electrons. The van der Waals surface area contributed by atoms with Gasteiger partial charge in [-0.05, 0) is 32.8 Å². The Hall–Kier alpha value is -2.04. The molecule has 22 heavy (non-hydrogen) atoms. The van der Waals surface area contributed by atoms with E-state index >= 15 is 0 Å². The standard InChI is InChI=1S/C17H23NO4/c1-11(15(19)20)9-12-10-18(16(21)22-17(2,3)4)14-8-6-5-7-13(12)14/h5-8,10-11,13-14H,9H2,1-4H3,(H,19,20)/t11-,13?,14?/m1/s1. The zero-order chi connectivity index (χ0) is 16.5. The maximum atomic E-state index is 12.4. The third-order valence-corrected chi connectivity index (χ3v) is 3.73. The van der Waals surface area contributed by atoms with Crippen LogP contribution in [0, 0.1) is 11.8 Å². The fraction of sp³-hybridized carbons (Fsp3) is 0.529. The second-order valence-electron chi connectivity index (χ2n) is 6.82. The first-order chi connectivity index (χ1) is 10.2. The number of amides is 1. The predicted molar refractivity (Wildman–Crippen MR) is 83.1 cm³/mol. The highest BCUT2D eigenvalue weighted by Gasteiger charge is 2.38. The molecule has 120 valence electrons. The molecule has 0 aromatic rings. The van der Waals surface area contributed by atoms with E-state index in [2.05, 4.69) is 0 Å². The molecular formula is C17H23NO4. The molecule has 5 nitrogen and oxygen atoms in total. The fourth-order valence-corrected chi connectivity index (χ4v) is 2.67. The minimum Gasteiger partial charge on any atom is -0.481 e. The smallest absolute Gasteiger partial charge is 0.414 e. The Balaban J connectivity index is 2.20. The maximum Gasteiger partial charge on any atom is 0.414 e. The Morgan fingerprint density at radius 3 is 2.55 bits per heavy atom. The lowest BCUT2D eigenvalue weighted by Gasteiger charge is -2.29. The van der Waals surface area contributed by atoms with Gasteiger partial charge in [0, 0.05) is 12.1 Å². The van der Waals surface area contributed by atoms with Gasteiger partial charge < -0.3 is 9.84 Å². The van der Waals surface area contributed by atoms with Crippen LogP contribution in [0.25, 0.3) is 0 Å². The van der Waals surface area contributed by atoms with Crippen LogP contribution in [0.1, 0.15) is 34.1 Å². The Morgan fingerprint density at radius 2 is 1.95 bits per heavy atom. The van der Waals surface area contributed by atoms with Crippen molar-refractivity contribution < 1.29 is 19.4 Å². The molecule has 0 aromatic carbocycles. The number of hydrogen-bond donors (Lipinski definition) is 1. The molecule has 0 saturated carbocycles. The summed E-state index contributed by atoms with van der Waals surface area (Å²) in [4.78, 5) is 25.0. The number of nitrogens with zero attached hydrogens (tertiary/aromatic N) is 1. The molecule has 0 aromatic heterocycles. The van der Waals surface area contributed by atoms with Crippen molar-refractivity contribution in [2.75, 3.05) is 0 Å². The molecule has 2 rings (SSSR count). The minimum absolute atomic E-state index is 0.0271. The molecule has 0 saturated heterocycles. The molecular weight excluding hydrogens is 282 g/mol. The molecule has 2 unspecified atom stereocenters. The molecule has 0 spiro atoms. The second-order valence-corrected chi connectivity index (χ2v) is 6.82. The first-order valence-corrected chi connectivity index (χ1v) is 7.49. The van der Waals surface area contributed by atoms with Gasteiger partial charge in [0.1, 0.15) is 5.60 Å². The highest BCUT2D eigenvalue weighted by Crippen LogP contribution is 2.36. The topological polar surface area (TPSA) is 66.8 Å². The lowest BCUT2D eigenvalue weighted by atomic mass is 9.86. The molecule has 5 heteroatoms. The second kappa shape index (κ2) is 5.99. The summed E-state index contributed by atoms with van der Waals surface area (Å²) in [7, 11) is 0. The highest BCUT2D eigenvalue weighted by molar-refractivity contribution is 5.73. The van der Waals surface area contributed by atoms with E-state index in [0.29, 0.717) is 6.42 Å². The number of hydrogen-bond acceptors (Lipinski definition) is 3. The quantitative estimate of drug-likeness (QED) is 0.868. The van der Waals surface area contributed by atoms with Gasteiger partial charge in [0.05, 0.1) is 12.0 Å². The molecule has 2 aliphatic rings. The van der Waals surface area contributed by atoms with E-state index in [1.54, 1.807) is 18.0 Å². The number of ether oxygens (including phenoxy) is 1. The van der Waals surface area contributed by atoms with Crippen LogP contribution in [-0.4, -0.2) is 33.7 Å². The first kappa shape index (κ1) is 16.3. The van der Waals surface area contributed by atoms with E-state index in [0.717, 1.165) is 5.57 Å². The summed E-state index contributed by atoms with van der Waals surface area (Å²) in [6, 6.07) is -0.129. The van der Waals surface area contributed by atoms with Crippen molar-refractivity contribution in [3.63, 3.8) is 0 Å². The third-order valence-electron chi connectivity index (χ3n) is 3.73. The van der Waals surface area contributed by atoms with Gasteiger partial charge in [-0.1, -0.05) is 31.2 Å². The van der Waals surface area contributed by atoms with Crippen LogP contribution in [0.3, 0.4) is 0 Å². The molecule has 1 aliphatic heterocycles. The van der Waals surface area contributed by atoms with Crippen molar-refractivity contribution >= 4 is 12.1 Å². The van der Waals surface area contributed by atoms with Crippen LogP contribution in [-0.2, 0) is 9.53 Å². The summed E-state index contributed by atoms with van der Waals surface area (Å²) in [5.41, 5.74) is 0.387. The lowest BCUT2D eigenvalue weighted by Crippen LogP contribution is -2.39. The van der Waals surface area contributed by atoms with Crippen LogP contribution >= 0.6 is 0 Å². The largest absolute Gasteiger partial charge is 0.481 e. The van der Waals surface area contributed by atoms with E-state index in [1.807, 2.05) is 45.1 Å². The summed E-state index contributed by atoms with van der Waals surface area (Å²) >= 11 is 0. The van der Waals surface area contributed by atoms with E-state index in [9.17, 15) is 9.59 Å². The number of aliphatic carboxylic acids is 1. The van der Waals surface area contributed by atoms with Crippen LogP contribution in [0.15, 0.2) is 36.1 Å². The molecule has 1 heterocycles. The van der Waals surface area contributed by atoms with Gasteiger partial charge in [-0.2, -0.15) is 0 Å². The Bertz CT molecular complexity index is 553. The predicted octanol–water partition coefficient (Wildman–Crippen LogP) is 3.34. The molecule has 3 atom stereocenters. The van der Waals surface area contributed by atoms with E-state index in [4.69, 9.17) is 9.84 Å². The number of carbonyl (C=O) groups excluding carboxylic acids is 1.